The van der Waals surface area contributed by atoms with Gasteiger partial charge in [0.15, 0.2) is 0 Å². The number of hydrogen-bond donors (Lipinski definition) is 1. The van der Waals surface area contributed by atoms with Gasteiger partial charge in [0, 0.05) is 17.6 Å². The first-order chi connectivity index (χ1) is 19.5. The summed E-state index contributed by atoms with van der Waals surface area (Å²) < 4.78 is 29.2. The van der Waals surface area contributed by atoms with E-state index in [0.717, 1.165) is 21.9 Å². The van der Waals surface area contributed by atoms with Crippen LogP contribution in [-0.2, 0) is 26.0 Å². The van der Waals surface area contributed by atoms with Crippen LogP contribution in [0.25, 0.3) is 0 Å². The monoisotopic (exact) mass is 597 g/mol. The van der Waals surface area contributed by atoms with E-state index in [1.54, 1.807) is 37.3 Å². The van der Waals surface area contributed by atoms with E-state index >= 15 is 0 Å². The number of rotatable bonds is 13. The highest BCUT2D eigenvalue weighted by Gasteiger charge is 2.34. The molecule has 0 unspecified atom stereocenters. The molecule has 0 aliphatic heterocycles. The molecule has 41 heavy (non-hydrogen) atoms. The van der Waals surface area contributed by atoms with Crippen molar-refractivity contribution < 1.29 is 18.0 Å². The molecular formula is C32H40ClN3O4S. The van der Waals surface area contributed by atoms with Crippen molar-refractivity contribution in [2.45, 2.75) is 70.9 Å². The van der Waals surface area contributed by atoms with E-state index in [-0.39, 0.29) is 23.4 Å². The third-order valence-corrected chi connectivity index (χ3v) is 9.20. The molecule has 2 amide bonds. The van der Waals surface area contributed by atoms with E-state index in [4.69, 9.17) is 11.6 Å². The highest BCUT2D eigenvalue weighted by Crippen LogP contribution is 2.29. The molecule has 220 valence electrons. The van der Waals surface area contributed by atoms with Crippen LogP contribution in [0.15, 0.2) is 77.7 Å². The zero-order valence-corrected chi connectivity index (χ0v) is 26.0. The molecule has 0 spiro atoms. The van der Waals surface area contributed by atoms with Gasteiger partial charge in [0.25, 0.3) is 10.0 Å². The number of halogens is 1. The second-order valence-electron chi connectivity index (χ2n) is 10.3. The number of aryl methyl sites for hydroxylation is 2. The maximum Gasteiger partial charge on any atom is 0.264 e. The van der Waals surface area contributed by atoms with E-state index in [2.05, 4.69) is 5.32 Å². The summed E-state index contributed by atoms with van der Waals surface area (Å²) >= 11 is 6.19. The van der Waals surface area contributed by atoms with Gasteiger partial charge in [-0.15, -0.1) is 0 Å². The minimum Gasteiger partial charge on any atom is -0.352 e. The van der Waals surface area contributed by atoms with Crippen molar-refractivity contribution in [1.82, 2.24) is 10.2 Å². The molecule has 3 aromatic carbocycles. The van der Waals surface area contributed by atoms with E-state index < -0.39 is 28.5 Å². The lowest BCUT2D eigenvalue weighted by Crippen LogP contribution is -2.54. The van der Waals surface area contributed by atoms with Gasteiger partial charge in [0.2, 0.25) is 11.8 Å². The minimum absolute atomic E-state index is 0.0576. The zero-order valence-electron chi connectivity index (χ0n) is 24.4. The Balaban J connectivity index is 2.04. The molecule has 0 radical (unpaired) electrons. The number of carbonyl (C=O) groups excluding carboxylic acids is 2. The molecule has 3 rings (SSSR count). The summed E-state index contributed by atoms with van der Waals surface area (Å²) in [4.78, 5) is 29.1. The third-order valence-electron chi connectivity index (χ3n) is 7.19. The summed E-state index contributed by atoms with van der Waals surface area (Å²) in [5.74, 6) is -0.712. The second kappa shape index (κ2) is 14.5. The summed E-state index contributed by atoms with van der Waals surface area (Å²) in [5, 5.41) is 3.46. The average molecular weight is 598 g/mol. The molecule has 0 bridgehead atoms. The fourth-order valence-corrected chi connectivity index (χ4v) is 6.29. The Morgan fingerprint density at radius 3 is 2.17 bits per heavy atom. The second-order valence-corrected chi connectivity index (χ2v) is 12.6. The molecule has 7 nitrogen and oxygen atoms in total. The number of carbonyl (C=O) groups is 2. The Bertz CT molecular complexity index is 1430. The van der Waals surface area contributed by atoms with Crippen molar-refractivity contribution in [2.24, 2.45) is 0 Å². The number of hydrogen-bond acceptors (Lipinski definition) is 4. The van der Waals surface area contributed by atoms with Gasteiger partial charge in [0.1, 0.15) is 12.6 Å². The van der Waals surface area contributed by atoms with Crippen molar-refractivity contribution in [3.63, 3.8) is 0 Å². The lowest BCUT2D eigenvalue weighted by molar-refractivity contribution is -0.139. The predicted octanol–water partition coefficient (Wildman–Crippen LogP) is 5.92. The largest absolute Gasteiger partial charge is 0.352 e. The molecule has 0 saturated carbocycles. The maximum absolute atomic E-state index is 14.1. The van der Waals surface area contributed by atoms with Gasteiger partial charge >= 0.3 is 0 Å². The molecular weight excluding hydrogens is 558 g/mol. The zero-order chi connectivity index (χ0) is 30.2. The smallest absolute Gasteiger partial charge is 0.264 e. The Labute approximate surface area is 249 Å². The first kappa shape index (κ1) is 32.2. The summed E-state index contributed by atoms with van der Waals surface area (Å²) in [6, 6.07) is 20.3. The van der Waals surface area contributed by atoms with Crippen LogP contribution in [-0.4, -0.2) is 50.3 Å². The number of amides is 2. The fourth-order valence-electron chi connectivity index (χ4n) is 4.59. The fraction of sp³-hybridized carbons (Fsp3) is 0.375. The SMILES string of the molecule is CC[C@@H](C)NC(=O)[C@H](CC)N(CCc1ccccc1)C(=O)CN(c1ccc(Cl)cc1C)S(=O)(=O)c1ccc(C)cc1. The number of sulfonamides is 1. The lowest BCUT2D eigenvalue weighted by Gasteiger charge is -2.34. The van der Waals surface area contributed by atoms with Gasteiger partial charge in [-0.25, -0.2) is 8.42 Å². The number of benzene rings is 3. The first-order valence-electron chi connectivity index (χ1n) is 14.0. The van der Waals surface area contributed by atoms with Crippen LogP contribution in [0.3, 0.4) is 0 Å². The standard InChI is InChI=1S/C32H40ClN3O4S/c1-6-25(5)34-32(38)29(7-2)35(20-19-26-11-9-8-10-12-26)31(37)22-36(30-18-15-27(33)21-24(30)4)41(39,40)28-16-13-23(3)14-17-28/h8-18,21,25,29H,6-7,19-20,22H2,1-5H3,(H,34,38)/t25-,29+/m1/s1. The molecule has 0 aliphatic rings. The Morgan fingerprint density at radius 1 is 0.927 bits per heavy atom. The van der Waals surface area contributed by atoms with E-state index in [1.165, 1.54) is 17.0 Å². The van der Waals surface area contributed by atoms with Crippen LogP contribution < -0.4 is 9.62 Å². The van der Waals surface area contributed by atoms with Crippen molar-refractivity contribution >= 4 is 39.1 Å². The van der Waals surface area contributed by atoms with Crippen molar-refractivity contribution in [2.75, 3.05) is 17.4 Å². The van der Waals surface area contributed by atoms with Gasteiger partial charge in [0.05, 0.1) is 10.6 Å². The highest BCUT2D eigenvalue weighted by molar-refractivity contribution is 7.92. The molecule has 2 atom stereocenters. The van der Waals surface area contributed by atoms with Crippen molar-refractivity contribution in [1.29, 1.82) is 0 Å². The first-order valence-corrected chi connectivity index (χ1v) is 15.8. The molecule has 9 heteroatoms. The molecule has 3 aromatic rings. The maximum atomic E-state index is 14.1. The topological polar surface area (TPSA) is 86.8 Å². The van der Waals surface area contributed by atoms with Crippen molar-refractivity contribution in [3.8, 4) is 0 Å². The van der Waals surface area contributed by atoms with Gasteiger partial charge in [-0.05, 0) is 81.5 Å². The molecule has 0 aliphatic carbocycles. The van der Waals surface area contributed by atoms with Crippen LogP contribution in [0.1, 0.15) is 50.3 Å². The van der Waals surface area contributed by atoms with Gasteiger partial charge in [-0.1, -0.05) is 73.5 Å². The molecule has 0 aromatic heterocycles. The van der Waals surface area contributed by atoms with E-state index in [9.17, 15) is 18.0 Å². The normalized spacial score (nSPS) is 12.8. The summed E-state index contributed by atoms with van der Waals surface area (Å²) in [7, 11) is -4.14. The molecule has 1 N–H and O–H groups in total. The van der Waals surface area contributed by atoms with Gasteiger partial charge in [-0.2, -0.15) is 0 Å². The Morgan fingerprint density at radius 2 is 1.59 bits per heavy atom. The van der Waals surface area contributed by atoms with Crippen LogP contribution in [0.2, 0.25) is 5.02 Å². The summed E-state index contributed by atoms with van der Waals surface area (Å²) in [6.07, 6.45) is 1.65. The van der Waals surface area contributed by atoms with Crippen LogP contribution in [0.5, 0.6) is 0 Å². The summed E-state index contributed by atoms with van der Waals surface area (Å²) in [6.45, 7) is 9.17. The quantitative estimate of drug-likeness (QED) is 0.265. The third kappa shape index (κ3) is 8.33. The number of anilines is 1. The summed E-state index contributed by atoms with van der Waals surface area (Å²) in [5.41, 5.74) is 2.89. The minimum atomic E-state index is -4.14. The van der Waals surface area contributed by atoms with E-state index in [1.807, 2.05) is 58.0 Å². The van der Waals surface area contributed by atoms with Crippen LogP contribution >= 0.6 is 11.6 Å². The average Bonchev–Trinajstić information content (AvgIpc) is 2.94. The predicted molar refractivity (Wildman–Crippen MR) is 166 cm³/mol. The van der Waals surface area contributed by atoms with Gasteiger partial charge in [-0.3, -0.25) is 13.9 Å². The Hall–Kier alpha value is -3.36. The van der Waals surface area contributed by atoms with Crippen LogP contribution in [0.4, 0.5) is 5.69 Å². The highest BCUT2D eigenvalue weighted by atomic mass is 35.5. The van der Waals surface area contributed by atoms with E-state index in [0.29, 0.717) is 29.1 Å². The van der Waals surface area contributed by atoms with Crippen molar-refractivity contribution in [3.05, 3.63) is 94.5 Å². The van der Waals surface area contributed by atoms with Gasteiger partial charge < -0.3 is 10.2 Å². The lowest BCUT2D eigenvalue weighted by atomic mass is 10.1. The number of nitrogens with one attached hydrogen (secondary N) is 1. The van der Waals surface area contributed by atoms with Crippen LogP contribution in [0, 0.1) is 13.8 Å². The number of nitrogens with zero attached hydrogens (tertiary/aromatic N) is 2. The molecule has 0 heterocycles. The molecule has 0 saturated heterocycles. The Kier molecular flexibility index (Phi) is 11.4. The molecule has 0 fully saturated rings.